The van der Waals surface area contributed by atoms with Gasteiger partial charge in [0.2, 0.25) is 0 Å². The number of methoxy groups -OCH3 is 1. The van der Waals surface area contributed by atoms with Crippen LogP contribution in [0.25, 0.3) is 0 Å². The zero-order valence-electron chi connectivity index (χ0n) is 12.1. The predicted octanol–water partition coefficient (Wildman–Crippen LogP) is 3.83. The van der Waals surface area contributed by atoms with Crippen molar-refractivity contribution in [1.29, 1.82) is 0 Å². The zero-order chi connectivity index (χ0) is 13.8. The molecule has 0 unspecified atom stereocenters. The maximum Gasteiger partial charge on any atom is 0.338 e. The van der Waals surface area contributed by atoms with Gasteiger partial charge in [-0.2, -0.15) is 0 Å². The van der Waals surface area contributed by atoms with Crippen LogP contribution in [0.5, 0.6) is 0 Å². The molecule has 0 saturated heterocycles. The molecule has 0 heterocycles. The van der Waals surface area contributed by atoms with Crippen molar-refractivity contribution < 1.29 is 9.53 Å². The maximum atomic E-state index is 11.8. The molecule has 1 saturated carbocycles. The normalized spacial score (nSPS) is 16.2. The Labute approximate surface area is 115 Å². The molecule has 1 fully saturated rings. The highest BCUT2D eigenvalue weighted by Gasteiger charge is 2.17. The molecular formula is C16H23NO2. The average molecular weight is 261 g/mol. The summed E-state index contributed by atoms with van der Waals surface area (Å²) < 4.78 is 4.85. The van der Waals surface area contributed by atoms with Crippen molar-refractivity contribution >= 4 is 11.7 Å². The fraction of sp³-hybridized carbons (Fsp3) is 0.562. The molecule has 0 atom stereocenters. The third-order valence-electron chi connectivity index (χ3n) is 3.92. The van der Waals surface area contributed by atoms with Crippen LogP contribution in [0.15, 0.2) is 12.1 Å². The number of anilines is 1. The second-order valence-electron chi connectivity index (χ2n) is 5.46. The summed E-state index contributed by atoms with van der Waals surface area (Å²) in [5, 5.41) is 3.60. The fourth-order valence-corrected chi connectivity index (χ4v) is 2.80. The van der Waals surface area contributed by atoms with Crippen LogP contribution in [-0.2, 0) is 4.74 Å². The van der Waals surface area contributed by atoms with E-state index in [4.69, 9.17) is 4.74 Å². The Bertz CT molecular complexity index is 462. The second-order valence-corrected chi connectivity index (χ2v) is 5.46. The lowest BCUT2D eigenvalue weighted by molar-refractivity contribution is 0.0600. The smallest absolute Gasteiger partial charge is 0.338 e. The number of carbonyl (C=O) groups excluding carboxylic acids is 1. The van der Waals surface area contributed by atoms with Crippen molar-refractivity contribution in [2.75, 3.05) is 12.4 Å². The Morgan fingerprint density at radius 2 is 1.89 bits per heavy atom. The minimum atomic E-state index is -0.257. The molecular weight excluding hydrogens is 238 g/mol. The summed E-state index contributed by atoms with van der Waals surface area (Å²) in [6.45, 7) is 3.99. The van der Waals surface area contributed by atoms with Crippen LogP contribution in [0.1, 0.15) is 53.6 Å². The highest BCUT2D eigenvalue weighted by molar-refractivity contribution is 5.93. The number of hydrogen-bond donors (Lipinski definition) is 1. The van der Waals surface area contributed by atoms with E-state index in [9.17, 15) is 4.79 Å². The van der Waals surface area contributed by atoms with E-state index in [0.717, 1.165) is 16.8 Å². The number of esters is 1. The van der Waals surface area contributed by atoms with Crippen molar-refractivity contribution in [3.8, 4) is 0 Å². The highest BCUT2D eigenvalue weighted by atomic mass is 16.5. The quantitative estimate of drug-likeness (QED) is 0.840. The van der Waals surface area contributed by atoms with E-state index < -0.39 is 0 Å². The molecule has 1 aromatic rings. The van der Waals surface area contributed by atoms with Gasteiger partial charge >= 0.3 is 5.97 Å². The summed E-state index contributed by atoms with van der Waals surface area (Å²) in [6.07, 6.45) is 6.39. The molecule has 1 aliphatic rings. The van der Waals surface area contributed by atoms with Crippen LogP contribution >= 0.6 is 0 Å². The number of aryl methyl sites for hydroxylation is 1. The highest BCUT2D eigenvalue weighted by Crippen LogP contribution is 2.26. The van der Waals surface area contributed by atoms with Gasteiger partial charge < -0.3 is 10.1 Å². The van der Waals surface area contributed by atoms with Crippen LogP contribution in [-0.4, -0.2) is 19.1 Å². The van der Waals surface area contributed by atoms with Crippen molar-refractivity contribution in [1.82, 2.24) is 0 Å². The van der Waals surface area contributed by atoms with Crippen molar-refractivity contribution in [2.45, 2.75) is 52.0 Å². The first-order valence-electron chi connectivity index (χ1n) is 7.08. The number of ether oxygens (including phenoxy) is 1. The van der Waals surface area contributed by atoms with Gasteiger partial charge in [0.1, 0.15) is 0 Å². The van der Waals surface area contributed by atoms with Crippen LogP contribution < -0.4 is 5.32 Å². The molecule has 0 bridgehead atoms. The molecule has 3 nitrogen and oxygen atoms in total. The summed E-state index contributed by atoms with van der Waals surface area (Å²) >= 11 is 0. The monoisotopic (exact) mass is 261 g/mol. The number of rotatable bonds is 3. The van der Waals surface area contributed by atoms with E-state index in [1.807, 2.05) is 19.9 Å². The van der Waals surface area contributed by atoms with Gasteiger partial charge in [-0.1, -0.05) is 19.3 Å². The molecule has 1 aliphatic carbocycles. The molecule has 0 spiro atoms. The number of hydrogen-bond acceptors (Lipinski definition) is 3. The van der Waals surface area contributed by atoms with E-state index in [1.54, 1.807) is 0 Å². The van der Waals surface area contributed by atoms with Crippen molar-refractivity contribution in [3.63, 3.8) is 0 Å². The Morgan fingerprint density at radius 3 is 2.53 bits per heavy atom. The fourth-order valence-electron chi connectivity index (χ4n) is 2.80. The molecule has 0 aromatic heterocycles. The first-order valence-corrected chi connectivity index (χ1v) is 7.08. The lowest BCUT2D eigenvalue weighted by Gasteiger charge is -2.25. The van der Waals surface area contributed by atoms with Gasteiger partial charge in [0.25, 0.3) is 0 Å². The second kappa shape index (κ2) is 6.09. The summed E-state index contributed by atoms with van der Waals surface area (Å²) in [5.74, 6) is -0.257. The number of carbonyl (C=O) groups is 1. The van der Waals surface area contributed by atoms with Crippen LogP contribution in [0.2, 0.25) is 0 Å². The Hall–Kier alpha value is -1.51. The standard InChI is InChI=1S/C16H23NO2/c1-11-9-14(16(18)19-3)12(2)15(10-11)17-13-7-5-4-6-8-13/h9-10,13,17H,4-8H2,1-3H3. The lowest BCUT2D eigenvalue weighted by atomic mass is 9.94. The molecule has 3 heteroatoms. The van der Waals surface area contributed by atoms with Crippen molar-refractivity contribution in [2.24, 2.45) is 0 Å². The summed E-state index contributed by atoms with van der Waals surface area (Å²) in [5.41, 5.74) is 3.82. The van der Waals surface area contributed by atoms with E-state index in [0.29, 0.717) is 11.6 Å². The van der Waals surface area contributed by atoms with E-state index in [-0.39, 0.29) is 5.97 Å². The van der Waals surface area contributed by atoms with E-state index in [2.05, 4.69) is 11.4 Å². The molecule has 0 amide bonds. The van der Waals surface area contributed by atoms with Gasteiger partial charge in [0.15, 0.2) is 0 Å². The summed E-state index contributed by atoms with van der Waals surface area (Å²) in [4.78, 5) is 11.8. The van der Waals surface area contributed by atoms with E-state index in [1.165, 1.54) is 39.2 Å². The van der Waals surface area contributed by atoms with Gasteiger partial charge in [-0.25, -0.2) is 4.79 Å². The van der Waals surface area contributed by atoms with Crippen LogP contribution in [0, 0.1) is 13.8 Å². The average Bonchev–Trinajstić information content (AvgIpc) is 2.42. The van der Waals surface area contributed by atoms with Crippen molar-refractivity contribution in [3.05, 3.63) is 28.8 Å². The van der Waals surface area contributed by atoms with Gasteiger partial charge in [0, 0.05) is 11.7 Å². The van der Waals surface area contributed by atoms with Crippen LogP contribution in [0.3, 0.4) is 0 Å². The number of nitrogens with one attached hydrogen (secondary N) is 1. The van der Waals surface area contributed by atoms with Gasteiger partial charge in [-0.3, -0.25) is 0 Å². The minimum Gasteiger partial charge on any atom is -0.465 e. The van der Waals surface area contributed by atoms with Crippen LogP contribution in [0.4, 0.5) is 5.69 Å². The lowest BCUT2D eigenvalue weighted by Crippen LogP contribution is -2.23. The molecule has 2 rings (SSSR count). The molecule has 104 valence electrons. The molecule has 0 aliphatic heterocycles. The minimum absolute atomic E-state index is 0.257. The zero-order valence-corrected chi connectivity index (χ0v) is 12.1. The van der Waals surface area contributed by atoms with E-state index >= 15 is 0 Å². The Kier molecular flexibility index (Phi) is 4.46. The first kappa shape index (κ1) is 13.9. The Balaban J connectivity index is 2.24. The first-order chi connectivity index (χ1) is 9.11. The summed E-state index contributed by atoms with van der Waals surface area (Å²) in [7, 11) is 1.43. The van der Waals surface area contributed by atoms with Gasteiger partial charge in [-0.15, -0.1) is 0 Å². The molecule has 1 aromatic carbocycles. The predicted molar refractivity (Wildman–Crippen MR) is 77.8 cm³/mol. The molecule has 0 radical (unpaired) electrons. The molecule has 1 N–H and O–H groups in total. The summed E-state index contributed by atoms with van der Waals surface area (Å²) in [6, 6.07) is 4.56. The topological polar surface area (TPSA) is 38.3 Å². The largest absolute Gasteiger partial charge is 0.465 e. The van der Waals surface area contributed by atoms with Gasteiger partial charge in [0.05, 0.1) is 12.7 Å². The third kappa shape index (κ3) is 3.28. The molecule has 19 heavy (non-hydrogen) atoms. The number of benzene rings is 1. The van der Waals surface area contributed by atoms with Gasteiger partial charge in [-0.05, 0) is 49.9 Å². The SMILES string of the molecule is COC(=O)c1cc(C)cc(NC2CCCCC2)c1C. The third-order valence-corrected chi connectivity index (χ3v) is 3.92. The maximum absolute atomic E-state index is 11.8. The Morgan fingerprint density at radius 1 is 1.21 bits per heavy atom.